The highest BCUT2D eigenvalue weighted by molar-refractivity contribution is 5.78. The Hall–Kier alpha value is -0.850. The summed E-state index contributed by atoms with van der Waals surface area (Å²) in [6.07, 6.45) is 6.00. The van der Waals surface area contributed by atoms with Gasteiger partial charge in [0.15, 0.2) is 0 Å². The Morgan fingerprint density at radius 3 is 2.64 bits per heavy atom. The zero-order chi connectivity index (χ0) is 8.69. The Morgan fingerprint density at radius 1 is 1.55 bits per heavy atom. The zero-order valence-electron chi connectivity index (χ0n) is 7.72. The van der Waals surface area contributed by atoms with E-state index in [9.17, 15) is 0 Å². The first-order valence-corrected chi connectivity index (χ1v) is 4.05. The van der Waals surface area contributed by atoms with Crippen molar-refractivity contribution in [3.05, 3.63) is 23.9 Å². The van der Waals surface area contributed by atoms with Crippen LogP contribution in [0.25, 0.3) is 0 Å². The van der Waals surface area contributed by atoms with Crippen molar-refractivity contribution in [1.82, 2.24) is 0 Å². The smallest absolute Gasteiger partial charge is 0.0331 e. The topological polar surface area (TPSA) is 12.4 Å². The molecule has 0 aliphatic heterocycles. The third kappa shape index (κ3) is 5.59. The molecule has 0 heterocycles. The fourth-order valence-corrected chi connectivity index (χ4v) is 0.621. The lowest BCUT2D eigenvalue weighted by molar-refractivity contribution is 0.899. The van der Waals surface area contributed by atoms with Crippen LogP contribution in [-0.4, -0.2) is 6.21 Å². The molecule has 11 heavy (non-hydrogen) atoms. The van der Waals surface area contributed by atoms with Gasteiger partial charge in [-0.25, -0.2) is 0 Å². The highest BCUT2D eigenvalue weighted by atomic mass is 14.7. The summed E-state index contributed by atoms with van der Waals surface area (Å²) >= 11 is 0. The van der Waals surface area contributed by atoms with Crippen molar-refractivity contribution in [2.45, 2.75) is 33.6 Å². The van der Waals surface area contributed by atoms with E-state index in [-0.39, 0.29) is 0 Å². The van der Waals surface area contributed by atoms with Gasteiger partial charge in [0.05, 0.1) is 0 Å². The molecule has 0 saturated heterocycles. The molecule has 0 aromatic rings. The molecule has 0 bridgehead atoms. The predicted molar refractivity (Wildman–Crippen MR) is 52.0 cm³/mol. The number of hydrogen-bond donors (Lipinski definition) is 0. The maximum absolute atomic E-state index is 4.20. The van der Waals surface area contributed by atoms with Crippen LogP contribution in [0.4, 0.5) is 0 Å². The number of hydrogen-bond acceptors (Lipinski definition) is 1. The first kappa shape index (κ1) is 10.2. The van der Waals surface area contributed by atoms with Crippen LogP contribution < -0.4 is 0 Å². The van der Waals surface area contributed by atoms with Crippen LogP contribution in [0, 0.1) is 0 Å². The van der Waals surface area contributed by atoms with E-state index in [0.717, 1.165) is 18.5 Å². The van der Waals surface area contributed by atoms with Crippen LogP contribution in [0.2, 0.25) is 0 Å². The molecule has 62 valence electrons. The van der Waals surface area contributed by atoms with Gasteiger partial charge >= 0.3 is 0 Å². The summed E-state index contributed by atoms with van der Waals surface area (Å²) in [5.41, 5.74) is 2.15. The van der Waals surface area contributed by atoms with Gasteiger partial charge in [-0.3, -0.25) is 4.99 Å². The summed E-state index contributed by atoms with van der Waals surface area (Å²) in [5, 5.41) is 0. The Balaban J connectivity index is 3.83. The Labute approximate surface area is 69.5 Å². The van der Waals surface area contributed by atoms with Crippen LogP contribution in [0.15, 0.2) is 28.9 Å². The van der Waals surface area contributed by atoms with Crippen molar-refractivity contribution < 1.29 is 0 Å². The van der Waals surface area contributed by atoms with Crippen molar-refractivity contribution in [2.75, 3.05) is 0 Å². The number of nitrogens with zero attached hydrogens (tertiary/aromatic N) is 1. The molecule has 0 unspecified atom stereocenters. The summed E-state index contributed by atoms with van der Waals surface area (Å²) in [6, 6.07) is 0. The quantitative estimate of drug-likeness (QED) is 0.546. The Bertz CT molecular complexity index is 175. The fraction of sp³-hybridized carbons (Fsp3) is 0.500. The normalized spacial score (nSPS) is 12.5. The molecule has 0 aliphatic rings. The van der Waals surface area contributed by atoms with Gasteiger partial charge < -0.3 is 0 Å². The van der Waals surface area contributed by atoms with Crippen molar-refractivity contribution in [1.29, 1.82) is 0 Å². The largest absolute Gasteiger partial charge is 0.262 e. The van der Waals surface area contributed by atoms with Crippen LogP contribution in [0.1, 0.15) is 33.6 Å². The molecular weight excluding hydrogens is 134 g/mol. The van der Waals surface area contributed by atoms with Gasteiger partial charge in [0, 0.05) is 11.9 Å². The highest BCUT2D eigenvalue weighted by Gasteiger charge is 1.85. The molecule has 0 fully saturated rings. The molecule has 0 rings (SSSR count). The minimum absolute atomic E-state index is 0.966. The molecule has 0 spiro atoms. The SMILES string of the molecule is C=C(CCC)N=C/C(C)=C\C. The fourth-order valence-electron chi connectivity index (χ4n) is 0.621. The average Bonchev–Trinajstić information content (AvgIpc) is 2.01. The lowest BCUT2D eigenvalue weighted by Crippen LogP contribution is -1.79. The van der Waals surface area contributed by atoms with E-state index in [0.29, 0.717) is 0 Å². The minimum Gasteiger partial charge on any atom is -0.262 e. The monoisotopic (exact) mass is 151 g/mol. The average molecular weight is 151 g/mol. The van der Waals surface area contributed by atoms with Gasteiger partial charge in [0.25, 0.3) is 0 Å². The molecule has 0 atom stereocenters. The second-order valence-electron chi connectivity index (χ2n) is 2.61. The van der Waals surface area contributed by atoms with Crippen molar-refractivity contribution >= 4 is 6.21 Å². The molecular formula is C10H17N. The highest BCUT2D eigenvalue weighted by Crippen LogP contribution is 2.02. The van der Waals surface area contributed by atoms with Crippen molar-refractivity contribution in [2.24, 2.45) is 4.99 Å². The molecule has 1 heteroatoms. The maximum atomic E-state index is 4.20. The van der Waals surface area contributed by atoms with E-state index in [1.54, 1.807) is 0 Å². The molecule has 0 aromatic heterocycles. The summed E-state index contributed by atoms with van der Waals surface area (Å²) in [4.78, 5) is 4.20. The van der Waals surface area contributed by atoms with Crippen LogP contribution in [0.5, 0.6) is 0 Å². The van der Waals surface area contributed by atoms with Gasteiger partial charge in [0.2, 0.25) is 0 Å². The number of aliphatic imine (C=N–C) groups is 1. The van der Waals surface area contributed by atoms with Gasteiger partial charge in [-0.2, -0.15) is 0 Å². The predicted octanol–water partition coefficient (Wildman–Crippen LogP) is 3.34. The summed E-state index contributed by atoms with van der Waals surface area (Å²) < 4.78 is 0. The summed E-state index contributed by atoms with van der Waals surface area (Å²) in [6.45, 7) is 9.99. The van der Waals surface area contributed by atoms with E-state index in [4.69, 9.17) is 0 Å². The lowest BCUT2D eigenvalue weighted by Gasteiger charge is -1.94. The Kier molecular flexibility index (Phi) is 5.44. The van der Waals surface area contributed by atoms with E-state index in [2.05, 4.69) is 18.5 Å². The standard InChI is InChI=1S/C10H17N/c1-5-7-10(4)11-8-9(3)6-2/h6,8H,4-5,7H2,1-3H3/b9-6-,11-8?. The van der Waals surface area contributed by atoms with Gasteiger partial charge in [-0.1, -0.05) is 26.0 Å². The lowest BCUT2D eigenvalue weighted by atomic mass is 10.3. The van der Waals surface area contributed by atoms with Gasteiger partial charge in [-0.05, 0) is 25.8 Å². The van der Waals surface area contributed by atoms with E-state index in [1.807, 2.05) is 26.1 Å². The molecule has 0 aromatic carbocycles. The third-order valence-electron chi connectivity index (χ3n) is 1.44. The molecule has 1 nitrogen and oxygen atoms in total. The van der Waals surface area contributed by atoms with Crippen LogP contribution in [0.3, 0.4) is 0 Å². The van der Waals surface area contributed by atoms with Gasteiger partial charge in [0.1, 0.15) is 0 Å². The number of allylic oxidation sites excluding steroid dienone is 3. The molecule has 0 saturated carbocycles. The van der Waals surface area contributed by atoms with E-state index >= 15 is 0 Å². The second kappa shape index (κ2) is 5.90. The minimum atomic E-state index is 0.966. The first-order chi connectivity index (χ1) is 5.20. The van der Waals surface area contributed by atoms with E-state index < -0.39 is 0 Å². The molecule has 0 amide bonds. The van der Waals surface area contributed by atoms with Crippen LogP contribution in [-0.2, 0) is 0 Å². The number of rotatable bonds is 4. The Morgan fingerprint density at radius 2 is 2.18 bits per heavy atom. The van der Waals surface area contributed by atoms with Crippen molar-refractivity contribution in [3.8, 4) is 0 Å². The molecule has 0 aliphatic carbocycles. The molecule has 0 radical (unpaired) electrons. The third-order valence-corrected chi connectivity index (χ3v) is 1.44. The van der Waals surface area contributed by atoms with Gasteiger partial charge in [-0.15, -0.1) is 0 Å². The van der Waals surface area contributed by atoms with Crippen LogP contribution >= 0.6 is 0 Å². The van der Waals surface area contributed by atoms with Crippen molar-refractivity contribution in [3.63, 3.8) is 0 Å². The summed E-state index contributed by atoms with van der Waals surface area (Å²) in [5.74, 6) is 0. The maximum Gasteiger partial charge on any atom is 0.0331 e. The second-order valence-corrected chi connectivity index (χ2v) is 2.61. The first-order valence-electron chi connectivity index (χ1n) is 4.05. The van der Waals surface area contributed by atoms with E-state index in [1.165, 1.54) is 5.57 Å². The zero-order valence-corrected chi connectivity index (χ0v) is 7.72. The summed E-state index contributed by atoms with van der Waals surface area (Å²) in [7, 11) is 0. The molecule has 0 N–H and O–H groups in total.